The highest BCUT2D eigenvalue weighted by Gasteiger charge is 2.13. The fraction of sp³-hybridized carbons (Fsp3) is 0.278. The van der Waals surface area contributed by atoms with Crippen LogP contribution < -0.4 is 0 Å². The molecular weight excluding hydrogens is 284 g/mol. The topological polar surface area (TPSA) is 26.3 Å². The zero-order chi connectivity index (χ0) is 15.5. The number of esters is 1. The van der Waals surface area contributed by atoms with E-state index in [9.17, 15) is 4.79 Å². The fourth-order valence-electron chi connectivity index (χ4n) is 1.92. The quantitative estimate of drug-likeness (QED) is 0.746. The lowest BCUT2D eigenvalue weighted by Gasteiger charge is -2.19. The Kier molecular flexibility index (Phi) is 4.69. The van der Waals surface area contributed by atoms with Crippen molar-refractivity contribution in [2.75, 3.05) is 0 Å². The van der Waals surface area contributed by atoms with E-state index in [1.54, 1.807) is 24.3 Å². The minimum atomic E-state index is -0.341. The average Bonchev–Trinajstić information content (AvgIpc) is 2.45. The molecule has 0 fully saturated rings. The van der Waals surface area contributed by atoms with Crippen LogP contribution in [0.1, 0.15) is 42.3 Å². The third-order valence-corrected chi connectivity index (χ3v) is 3.52. The molecule has 0 N–H and O–H groups in total. The second-order valence-electron chi connectivity index (χ2n) is 6.03. The predicted octanol–water partition coefficient (Wildman–Crippen LogP) is 4.99. The zero-order valence-electron chi connectivity index (χ0n) is 12.5. The third-order valence-electron chi connectivity index (χ3n) is 3.27. The van der Waals surface area contributed by atoms with Crippen molar-refractivity contribution in [1.29, 1.82) is 0 Å². The van der Waals surface area contributed by atoms with Gasteiger partial charge in [-0.05, 0) is 40.8 Å². The molecule has 2 rings (SSSR count). The summed E-state index contributed by atoms with van der Waals surface area (Å²) in [4.78, 5) is 11.9. The van der Waals surface area contributed by atoms with E-state index in [-0.39, 0.29) is 18.0 Å². The molecule has 0 heterocycles. The molecule has 21 heavy (non-hydrogen) atoms. The maximum atomic E-state index is 11.9. The third kappa shape index (κ3) is 4.33. The Labute approximate surface area is 130 Å². The van der Waals surface area contributed by atoms with E-state index in [1.807, 2.05) is 12.1 Å². The van der Waals surface area contributed by atoms with Crippen LogP contribution in [0, 0.1) is 0 Å². The number of rotatable bonds is 3. The number of hydrogen-bond donors (Lipinski definition) is 0. The van der Waals surface area contributed by atoms with E-state index >= 15 is 0 Å². The first-order chi connectivity index (χ1) is 9.86. The monoisotopic (exact) mass is 302 g/mol. The predicted molar refractivity (Wildman–Crippen MR) is 85.7 cm³/mol. The van der Waals surface area contributed by atoms with Gasteiger partial charge in [-0.2, -0.15) is 0 Å². The molecule has 0 aromatic heterocycles. The van der Waals surface area contributed by atoms with Gasteiger partial charge < -0.3 is 4.74 Å². The van der Waals surface area contributed by atoms with Gasteiger partial charge in [0.25, 0.3) is 0 Å². The number of benzene rings is 2. The smallest absolute Gasteiger partial charge is 0.338 e. The van der Waals surface area contributed by atoms with E-state index in [4.69, 9.17) is 16.3 Å². The van der Waals surface area contributed by atoms with Gasteiger partial charge in [-0.1, -0.05) is 56.6 Å². The Hall–Kier alpha value is -1.80. The summed E-state index contributed by atoms with van der Waals surface area (Å²) in [6.07, 6.45) is 0. The van der Waals surface area contributed by atoms with Crippen LogP contribution in [-0.4, -0.2) is 5.97 Å². The fourth-order valence-corrected chi connectivity index (χ4v) is 2.05. The number of halogens is 1. The summed E-state index contributed by atoms with van der Waals surface area (Å²) >= 11 is 5.79. The van der Waals surface area contributed by atoms with Crippen molar-refractivity contribution in [3.05, 3.63) is 70.2 Å². The van der Waals surface area contributed by atoms with Crippen LogP contribution in [0.2, 0.25) is 5.02 Å². The van der Waals surface area contributed by atoms with E-state index in [1.165, 1.54) is 5.56 Å². The molecule has 0 radical (unpaired) electrons. The van der Waals surface area contributed by atoms with Gasteiger partial charge >= 0.3 is 5.97 Å². The molecule has 0 aliphatic carbocycles. The summed E-state index contributed by atoms with van der Waals surface area (Å²) in [7, 11) is 0. The lowest BCUT2D eigenvalue weighted by Crippen LogP contribution is -2.11. The molecule has 110 valence electrons. The van der Waals surface area contributed by atoms with E-state index in [0.29, 0.717) is 10.6 Å². The normalized spacial score (nSPS) is 11.2. The van der Waals surface area contributed by atoms with Crippen molar-refractivity contribution in [2.24, 2.45) is 0 Å². The first-order valence-corrected chi connectivity index (χ1v) is 7.26. The van der Waals surface area contributed by atoms with Crippen molar-refractivity contribution in [1.82, 2.24) is 0 Å². The SMILES string of the molecule is CC(C)(C)c1ccc(COC(=O)c2ccc(Cl)cc2)cc1. The molecule has 3 heteroatoms. The summed E-state index contributed by atoms with van der Waals surface area (Å²) in [6.45, 7) is 6.78. The molecule has 0 unspecified atom stereocenters. The van der Waals surface area contributed by atoms with Crippen LogP contribution in [0.5, 0.6) is 0 Å². The highest BCUT2D eigenvalue weighted by Crippen LogP contribution is 2.22. The molecule has 0 bridgehead atoms. The number of ether oxygens (including phenoxy) is 1. The lowest BCUT2D eigenvalue weighted by molar-refractivity contribution is 0.0472. The van der Waals surface area contributed by atoms with Gasteiger partial charge in [0.15, 0.2) is 0 Å². The Morgan fingerprint density at radius 1 is 1.00 bits per heavy atom. The Balaban J connectivity index is 1.97. The van der Waals surface area contributed by atoms with Crippen LogP contribution in [0.15, 0.2) is 48.5 Å². The lowest BCUT2D eigenvalue weighted by atomic mass is 9.87. The largest absolute Gasteiger partial charge is 0.457 e. The van der Waals surface area contributed by atoms with Crippen LogP contribution in [0.3, 0.4) is 0 Å². The van der Waals surface area contributed by atoms with Gasteiger partial charge in [-0.3, -0.25) is 0 Å². The van der Waals surface area contributed by atoms with Gasteiger partial charge in [-0.25, -0.2) is 4.79 Å². The summed E-state index contributed by atoms with van der Waals surface area (Å²) in [6, 6.07) is 14.8. The Morgan fingerprint density at radius 2 is 1.57 bits per heavy atom. The molecule has 2 aromatic rings. The molecule has 2 nitrogen and oxygen atoms in total. The number of hydrogen-bond acceptors (Lipinski definition) is 2. The maximum Gasteiger partial charge on any atom is 0.338 e. The van der Waals surface area contributed by atoms with Gasteiger partial charge in [0.1, 0.15) is 6.61 Å². The molecular formula is C18H19ClO2. The Bertz CT molecular complexity index is 607. The molecule has 2 aromatic carbocycles. The van der Waals surface area contributed by atoms with Crippen molar-refractivity contribution in [3.8, 4) is 0 Å². The van der Waals surface area contributed by atoms with E-state index < -0.39 is 0 Å². The molecule has 0 atom stereocenters. The van der Waals surface area contributed by atoms with Crippen LogP contribution in [0.4, 0.5) is 0 Å². The second kappa shape index (κ2) is 6.31. The number of carbonyl (C=O) groups excluding carboxylic acids is 1. The summed E-state index contributed by atoms with van der Waals surface area (Å²) in [5.74, 6) is -0.341. The van der Waals surface area contributed by atoms with Crippen LogP contribution >= 0.6 is 11.6 Å². The maximum absolute atomic E-state index is 11.9. The average molecular weight is 303 g/mol. The summed E-state index contributed by atoms with van der Waals surface area (Å²) < 4.78 is 5.30. The first-order valence-electron chi connectivity index (χ1n) is 6.88. The number of carbonyl (C=O) groups is 1. The first kappa shape index (κ1) is 15.6. The van der Waals surface area contributed by atoms with E-state index in [0.717, 1.165) is 5.56 Å². The van der Waals surface area contributed by atoms with Crippen molar-refractivity contribution < 1.29 is 9.53 Å². The van der Waals surface area contributed by atoms with Crippen LogP contribution in [-0.2, 0) is 16.8 Å². The van der Waals surface area contributed by atoms with Gasteiger partial charge in [0, 0.05) is 5.02 Å². The molecule has 0 saturated carbocycles. The molecule has 0 amide bonds. The standard InChI is InChI=1S/C18H19ClO2/c1-18(2,3)15-8-4-13(5-9-15)12-21-17(20)14-6-10-16(19)11-7-14/h4-11H,12H2,1-3H3. The minimum absolute atomic E-state index is 0.124. The van der Waals surface area contributed by atoms with Gasteiger partial charge in [-0.15, -0.1) is 0 Å². The highest BCUT2D eigenvalue weighted by atomic mass is 35.5. The highest BCUT2D eigenvalue weighted by molar-refractivity contribution is 6.30. The van der Waals surface area contributed by atoms with Crippen molar-refractivity contribution in [2.45, 2.75) is 32.8 Å². The molecule has 0 aliphatic heterocycles. The molecule has 0 spiro atoms. The molecule has 0 saturated heterocycles. The minimum Gasteiger partial charge on any atom is -0.457 e. The van der Waals surface area contributed by atoms with Crippen molar-refractivity contribution in [3.63, 3.8) is 0 Å². The summed E-state index contributed by atoms with van der Waals surface area (Å²) in [5, 5.41) is 0.601. The summed E-state index contributed by atoms with van der Waals surface area (Å²) in [5.41, 5.74) is 2.87. The van der Waals surface area contributed by atoms with E-state index in [2.05, 4.69) is 32.9 Å². The zero-order valence-corrected chi connectivity index (χ0v) is 13.3. The van der Waals surface area contributed by atoms with Crippen molar-refractivity contribution >= 4 is 17.6 Å². The molecule has 0 aliphatic rings. The van der Waals surface area contributed by atoms with Gasteiger partial charge in [0.05, 0.1) is 5.56 Å². The Morgan fingerprint density at radius 3 is 2.10 bits per heavy atom. The second-order valence-corrected chi connectivity index (χ2v) is 6.47. The van der Waals surface area contributed by atoms with Crippen LogP contribution in [0.25, 0.3) is 0 Å². The van der Waals surface area contributed by atoms with Gasteiger partial charge in [0.2, 0.25) is 0 Å².